The summed E-state index contributed by atoms with van der Waals surface area (Å²) < 4.78 is 0. The molecule has 1 aromatic rings. The average molecular weight is 196 g/mol. The molecule has 1 heterocycles. The quantitative estimate of drug-likeness (QED) is 0.448. The molecule has 0 aliphatic carbocycles. The van der Waals surface area contributed by atoms with Crippen molar-refractivity contribution in [3.63, 3.8) is 0 Å². The first kappa shape index (κ1) is 7.70. The Balaban J connectivity index is 0.000000490. The van der Waals surface area contributed by atoms with Crippen LogP contribution in [0.4, 0.5) is 0 Å². The van der Waals surface area contributed by atoms with E-state index in [0.29, 0.717) is 0 Å². The molecule has 0 aromatic carbocycles. The zero-order valence-corrected chi connectivity index (χ0v) is 6.02. The topological polar surface area (TPSA) is 25.8 Å². The summed E-state index contributed by atoms with van der Waals surface area (Å²) >= 11 is 0. The van der Waals surface area contributed by atoms with Crippen LogP contribution in [0.25, 0.3) is 0 Å². The van der Waals surface area contributed by atoms with Crippen molar-refractivity contribution in [2.75, 3.05) is 0 Å². The van der Waals surface area contributed by atoms with E-state index in [9.17, 15) is 0 Å². The van der Waals surface area contributed by atoms with Gasteiger partial charge in [0.05, 0.1) is 0 Å². The van der Waals surface area contributed by atoms with Gasteiger partial charge in [-0.15, -0.1) is 6.07 Å². The van der Waals surface area contributed by atoms with E-state index in [-0.39, 0.29) is 19.5 Å². The number of hydrogen-bond acceptors (Lipinski definition) is 2. The summed E-state index contributed by atoms with van der Waals surface area (Å²) in [5.41, 5.74) is 0.954. The van der Waals surface area contributed by atoms with Gasteiger partial charge < -0.3 is 9.97 Å². The van der Waals surface area contributed by atoms with Crippen molar-refractivity contribution in [2.45, 2.75) is 6.92 Å². The number of aromatic nitrogens is 2. The maximum atomic E-state index is 3.84. The van der Waals surface area contributed by atoms with E-state index in [1.165, 1.54) is 6.33 Å². The maximum absolute atomic E-state index is 3.84. The standard InChI is InChI=1S/C5H5N2.Rh/c1-5-2-3-6-4-7-5;/h2,4H,1H3;/q-1;. The second-order valence-electron chi connectivity index (χ2n) is 1.29. The molecule has 0 atom stereocenters. The fourth-order valence-corrected chi connectivity index (χ4v) is 0.321. The van der Waals surface area contributed by atoms with Gasteiger partial charge in [0.25, 0.3) is 0 Å². The molecular weight excluding hydrogens is 191 g/mol. The summed E-state index contributed by atoms with van der Waals surface area (Å²) in [6.07, 6.45) is 4.13. The van der Waals surface area contributed by atoms with E-state index in [1.54, 1.807) is 6.07 Å². The van der Waals surface area contributed by atoms with Crippen LogP contribution >= 0.6 is 0 Å². The molecule has 8 heavy (non-hydrogen) atoms. The van der Waals surface area contributed by atoms with Crippen molar-refractivity contribution >= 4 is 0 Å². The van der Waals surface area contributed by atoms with Crippen molar-refractivity contribution in [3.8, 4) is 0 Å². The molecule has 0 N–H and O–H groups in total. The molecule has 0 saturated heterocycles. The molecule has 3 heteroatoms. The molecule has 0 saturated carbocycles. The van der Waals surface area contributed by atoms with Gasteiger partial charge in [0, 0.05) is 19.5 Å². The molecule has 1 aromatic heterocycles. The second-order valence-corrected chi connectivity index (χ2v) is 1.29. The molecule has 45 valence electrons. The molecule has 0 fully saturated rings. The summed E-state index contributed by atoms with van der Waals surface area (Å²) in [6, 6.07) is 1.74. The van der Waals surface area contributed by atoms with Gasteiger partial charge >= 0.3 is 0 Å². The van der Waals surface area contributed by atoms with Gasteiger partial charge in [-0.3, -0.25) is 0 Å². The number of aryl methyl sites for hydroxylation is 1. The van der Waals surface area contributed by atoms with Crippen LogP contribution in [0.5, 0.6) is 0 Å². The Kier molecular flexibility index (Phi) is 3.54. The van der Waals surface area contributed by atoms with E-state index in [1.807, 2.05) is 6.92 Å². The monoisotopic (exact) mass is 196 g/mol. The molecule has 0 spiro atoms. The van der Waals surface area contributed by atoms with E-state index < -0.39 is 0 Å². The van der Waals surface area contributed by atoms with Crippen molar-refractivity contribution in [3.05, 3.63) is 24.3 Å². The van der Waals surface area contributed by atoms with Crippen LogP contribution < -0.4 is 0 Å². The number of hydrogen-bond donors (Lipinski definition) is 0. The predicted octanol–water partition coefficient (Wildman–Crippen LogP) is 0.583. The second kappa shape index (κ2) is 3.67. The fraction of sp³-hybridized carbons (Fsp3) is 0.200. The molecular formula is C5H5N2Rh-. The average Bonchev–Trinajstić information content (AvgIpc) is 1.69. The van der Waals surface area contributed by atoms with Gasteiger partial charge in [0.1, 0.15) is 0 Å². The first-order valence-electron chi connectivity index (χ1n) is 2.04. The Morgan fingerprint density at radius 2 is 2.38 bits per heavy atom. The Hall–Kier alpha value is -0.297. The minimum Gasteiger partial charge on any atom is -0.376 e. The summed E-state index contributed by atoms with van der Waals surface area (Å²) in [4.78, 5) is 7.45. The van der Waals surface area contributed by atoms with Crippen molar-refractivity contribution in [1.82, 2.24) is 9.97 Å². The van der Waals surface area contributed by atoms with Crippen LogP contribution in [0.15, 0.2) is 12.4 Å². The number of rotatable bonds is 0. The van der Waals surface area contributed by atoms with Gasteiger partial charge in [0.15, 0.2) is 0 Å². The molecule has 2 nitrogen and oxygen atoms in total. The van der Waals surface area contributed by atoms with Gasteiger partial charge in [-0.2, -0.15) is 0 Å². The predicted molar refractivity (Wildman–Crippen MR) is 25.6 cm³/mol. The Morgan fingerprint density at radius 3 is 2.62 bits per heavy atom. The van der Waals surface area contributed by atoms with Crippen LogP contribution in [0.2, 0.25) is 0 Å². The van der Waals surface area contributed by atoms with E-state index in [4.69, 9.17) is 0 Å². The zero-order chi connectivity index (χ0) is 5.11. The third-order valence-electron chi connectivity index (χ3n) is 0.667. The van der Waals surface area contributed by atoms with Crippen LogP contribution in [0.1, 0.15) is 5.69 Å². The first-order chi connectivity index (χ1) is 3.39. The summed E-state index contributed by atoms with van der Waals surface area (Å²) in [6.45, 7) is 1.90. The number of nitrogens with zero attached hydrogens (tertiary/aromatic N) is 2. The Morgan fingerprint density at radius 1 is 1.62 bits per heavy atom. The normalized spacial score (nSPS) is 7.62. The van der Waals surface area contributed by atoms with Crippen molar-refractivity contribution < 1.29 is 19.5 Å². The smallest absolute Gasteiger partial charge is 0 e. The first-order valence-corrected chi connectivity index (χ1v) is 2.04. The summed E-state index contributed by atoms with van der Waals surface area (Å²) in [5.74, 6) is 0. The van der Waals surface area contributed by atoms with E-state index in [2.05, 4.69) is 16.2 Å². The van der Waals surface area contributed by atoms with Gasteiger partial charge in [-0.25, -0.2) is 0 Å². The zero-order valence-electron chi connectivity index (χ0n) is 4.38. The molecule has 0 unspecified atom stereocenters. The summed E-state index contributed by atoms with van der Waals surface area (Å²) in [5, 5.41) is 0. The molecule has 0 bridgehead atoms. The third-order valence-corrected chi connectivity index (χ3v) is 0.667. The van der Waals surface area contributed by atoms with E-state index in [0.717, 1.165) is 5.69 Å². The van der Waals surface area contributed by atoms with Crippen LogP contribution in [-0.2, 0) is 19.5 Å². The van der Waals surface area contributed by atoms with Crippen LogP contribution in [-0.4, -0.2) is 9.97 Å². The van der Waals surface area contributed by atoms with Gasteiger partial charge in [-0.1, -0.05) is 18.8 Å². The summed E-state index contributed by atoms with van der Waals surface area (Å²) in [7, 11) is 0. The van der Waals surface area contributed by atoms with Crippen molar-refractivity contribution in [2.24, 2.45) is 0 Å². The van der Waals surface area contributed by atoms with Crippen molar-refractivity contribution in [1.29, 1.82) is 0 Å². The van der Waals surface area contributed by atoms with Gasteiger partial charge in [0.2, 0.25) is 0 Å². The molecule has 0 aliphatic rings. The molecule has 0 amide bonds. The molecule has 0 aliphatic heterocycles. The minimum atomic E-state index is 0. The van der Waals surface area contributed by atoms with Crippen LogP contribution in [0, 0.1) is 13.1 Å². The fourth-order valence-electron chi connectivity index (χ4n) is 0.321. The molecule has 1 rings (SSSR count). The van der Waals surface area contributed by atoms with Crippen LogP contribution in [0.3, 0.4) is 0 Å². The van der Waals surface area contributed by atoms with Gasteiger partial charge in [-0.05, 0) is 6.33 Å². The minimum absolute atomic E-state index is 0. The van der Waals surface area contributed by atoms with E-state index >= 15 is 0 Å². The Bertz CT molecular complexity index is 140. The Labute approximate surface area is 61.1 Å². The maximum Gasteiger partial charge on any atom is 0 e. The largest absolute Gasteiger partial charge is 0.376 e. The SMILES string of the molecule is Cc1c[c-]ncn1.[Rh]. The molecule has 1 radical (unpaired) electrons. The third kappa shape index (κ3) is 2.13.